The van der Waals surface area contributed by atoms with E-state index in [-0.39, 0.29) is 11.4 Å². The van der Waals surface area contributed by atoms with Crippen molar-refractivity contribution in [1.82, 2.24) is 0 Å². The predicted octanol–water partition coefficient (Wildman–Crippen LogP) is -1.02. The summed E-state index contributed by atoms with van der Waals surface area (Å²) in [5, 5.41) is 61.7. The average Bonchev–Trinajstić information content (AvgIpc) is 2.53. The summed E-state index contributed by atoms with van der Waals surface area (Å²) in [6.07, 6.45) is -3.30. The van der Waals surface area contributed by atoms with Crippen LogP contribution in [0.25, 0.3) is 0 Å². The third kappa shape index (κ3) is 4.65. The summed E-state index contributed by atoms with van der Waals surface area (Å²) in [4.78, 5) is 19.9. The lowest BCUT2D eigenvalue weighted by atomic mass is 10.1. The number of hydrazone groups is 1. The fraction of sp³-hybridized carbons (Fsp3) is 0.364. The van der Waals surface area contributed by atoms with Crippen LogP contribution in [0.3, 0.4) is 0 Å². The van der Waals surface area contributed by atoms with Crippen molar-refractivity contribution in [2.45, 2.75) is 12.2 Å². The van der Waals surface area contributed by atoms with Gasteiger partial charge >= 0.3 is 5.69 Å². The molecule has 0 fully saturated rings. The monoisotopic (exact) mass is 330 g/mol. The van der Waals surface area contributed by atoms with Crippen LogP contribution in [0, 0.1) is 20.2 Å². The molecule has 1 aromatic rings. The van der Waals surface area contributed by atoms with Gasteiger partial charge in [0.2, 0.25) is 0 Å². The highest BCUT2D eigenvalue weighted by molar-refractivity contribution is 5.90. The minimum Gasteiger partial charge on any atom is -0.394 e. The van der Waals surface area contributed by atoms with E-state index in [0.29, 0.717) is 0 Å². The van der Waals surface area contributed by atoms with Crippen molar-refractivity contribution < 1.29 is 30.3 Å². The number of anilines is 1. The molecule has 12 heteroatoms. The molecule has 0 radical (unpaired) electrons. The second-order valence-corrected chi connectivity index (χ2v) is 4.28. The van der Waals surface area contributed by atoms with Crippen LogP contribution < -0.4 is 5.43 Å². The van der Waals surface area contributed by atoms with Gasteiger partial charge in [-0.1, -0.05) is 0 Å². The van der Waals surface area contributed by atoms with E-state index in [1.54, 1.807) is 0 Å². The number of nitrogens with zero attached hydrogens (tertiary/aromatic N) is 3. The molecule has 0 aliphatic carbocycles. The standard InChI is InChI=1S/C11H14N4O8/c16-4-8(11(19)10(18)5-17)13-12-7-2-1-6(14(20)21)3-9(7)15(22)23/h1-3,10-12,16-19H,4-5H2/t10-,11-/m1/s1. The SMILES string of the molecule is O=[N+]([O-])c1ccc(NN=C(CO)[C@@H](O)[C@H](O)CO)c([N+](=O)[O-])c1. The number of non-ortho nitro benzene ring substituents is 1. The van der Waals surface area contributed by atoms with E-state index < -0.39 is 46.6 Å². The third-order valence-electron chi connectivity index (χ3n) is 2.76. The summed E-state index contributed by atoms with van der Waals surface area (Å²) in [7, 11) is 0. The van der Waals surface area contributed by atoms with E-state index in [2.05, 4.69) is 10.5 Å². The fourth-order valence-corrected chi connectivity index (χ4v) is 1.53. The molecule has 0 spiro atoms. The molecule has 0 aromatic heterocycles. The number of hydrogen-bond acceptors (Lipinski definition) is 10. The Morgan fingerprint density at radius 1 is 1.22 bits per heavy atom. The first-order chi connectivity index (χ1) is 10.8. The highest BCUT2D eigenvalue weighted by Crippen LogP contribution is 2.28. The Kier molecular flexibility index (Phi) is 6.47. The zero-order chi connectivity index (χ0) is 17.6. The molecule has 1 aromatic carbocycles. The van der Waals surface area contributed by atoms with Crippen LogP contribution in [0.5, 0.6) is 0 Å². The minimum absolute atomic E-state index is 0.225. The Balaban J connectivity index is 3.10. The molecule has 126 valence electrons. The lowest BCUT2D eigenvalue weighted by Gasteiger charge is -2.16. The second-order valence-electron chi connectivity index (χ2n) is 4.28. The normalized spacial score (nSPS) is 14.2. The molecule has 5 N–H and O–H groups in total. The topological polar surface area (TPSA) is 192 Å². The third-order valence-corrected chi connectivity index (χ3v) is 2.76. The summed E-state index contributed by atoms with van der Waals surface area (Å²) in [6, 6.07) is 2.75. The lowest BCUT2D eigenvalue weighted by molar-refractivity contribution is -0.393. The number of nitro groups is 2. The summed E-state index contributed by atoms with van der Waals surface area (Å²) in [6.45, 7) is -1.59. The zero-order valence-electron chi connectivity index (χ0n) is 11.6. The Hall–Kier alpha value is -2.67. The Bertz CT molecular complexity index is 620. The van der Waals surface area contributed by atoms with Crippen LogP contribution in [0.15, 0.2) is 23.3 Å². The zero-order valence-corrected chi connectivity index (χ0v) is 11.6. The molecule has 1 rings (SSSR count). The van der Waals surface area contributed by atoms with Gasteiger partial charge in [-0.3, -0.25) is 25.7 Å². The van der Waals surface area contributed by atoms with Crippen molar-refractivity contribution in [1.29, 1.82) is 0 Å². The number of hydrogen-bond donors (Lipinski definition) is 5. The Morgan fingerprint density at radius 3 is 2.35 bits per heavy atom. The van der Waals surface area contributed by atoms with Crippen molar-refractivity contribution in [3.8, 4) is 0 Å². The van der Waals surface area contributed by atoms with Crippen LogP contribution in [0.1, 0.15) is 0 Å². The van der Waals surface area contributed by atoms with E-state index >= 15 is 0 Å². The van der Waals surface area contributed by atoms with E-state index in [4.69, 9.17) is 10.2 Å². The van der Waals surface area contributed by atoms with Gasteiger partial charge in [0.05, 0.1) is 34.8 Å². The van der Waals surface area contributed by atoms with Crippen LogP contribution in [-0.4, -0.2) is 61.4 Å². The first kappa shape index (κ1) is 18.4. The molecule has 0 amide bonds. The number of nitrogens with one attached hydrogen (secondary N) is 1. The van der Waals surface area contributed by atoms with Gasteiger partial charge < -0.3 is 20.4 Å². The molecule has 0 heterocycles. The molecule has 12 nitrogen and oxygen atoms in total. The molecule has 0 aliphatic rings. The number of nitro benzene ring substituents is 2. The molecule has 0 bridgehead atoms. The predicted molar refractivity (Wildman–Crippen MR) is 77.0 cm³/mol. The largest absolute Gasteiger partial charge is 0.394 e. The van der Waals surface area contributed by atoms with Gasteiger partial charge in [-0.25, -0.2) is 0 Å². The van der Waals surface area contributed by atoms with Crippen molar-refractivity contribution in [2.24, 2.45) is 5.10 Å². The second kappa shape index (κ2) is 8.09. The van der Waals surface area contributed by atoms with Gasteiger partial charge in [0.15, 0.2) is 0 Å². The average molecular weight is 330 g/mol. The molecular weight excluding hydrogens is 316 g/mol. The smallest absolute Gasteiger partial charge is 0.301 e. The van der Waals surface area contributed by atoms with Gasteiger partial charge in [-0.05, 0) is 6.07 Å². The van der Waals surface area contributed by atoms with E-state index in [0.717, 1.165) is 18.2 Å². The number of benzene rings is 1. The summed E-state index contributed by atoms with van der Waals surface area (Å²) >= 11 is 0. The summed E-state index contributed by atoms with van der Waals surface area (Å²) < 4.78 is 0. The molecular formula is C11H14N4O8. The highest BCUT2D eigenvalue weighted by Gasteiger charge is 2.23. The van der Waals surface area contributed by atoms with Gasteiger partial charge in [-0.2, -0.15) is 5.10 Å². The van der Waals surface area contributed by atoms with Crippen LogP contribution in [0.4, 0.5) is 17.1 Å². The van der Waals surface area contributed by atoms with Crippen LogP contribution in [0.2, 0.25) is 0 Å². The maximum atomic E-state index is 10.9. The van der Waals surface area contributed by atoms with Crippen molar-refractivity contribution >= 4 is 22.8 Å². The fourth-order valence-electron chi connectivity index (χ4n) is 1.53. The quantitative estimate of drug-likeness (QED) is 0.225. The Labute approximate surface area is 128 Å². The van der Waals surface area contributed by atoms with Gasteiger partial charge in [0.25, 0.3) is 5.69 Å². The Morgan fingerprint density at radius 2 is 1.87 bits per heavy atom. The lowest BCUT2D eigenvalue weighted by Crippen LogP contribution is -2.38. The number of aliphatic hydroxyl groups excluding tert-OH is 4. The van der Waals surface area contributed by atoms with E-state index in [1.807, 2.05) is 0 Å². The maximum absolute atomic E-state index is 10.9. The summed E-state index contributed by atoms with van der Waals surface area (Å²) in [5.74, 6) is 0. The highest BCUT2D eigenvalue weighted by atomic mass is 16.6. The van der Waals surface area contributed by atoms with Gasteiger partial charge in [0, 0.05) is 6.07 Å². The maximum Gasteiger partial charge on any atom is 0.301 e. The van der Waals surface area contributed by atoms with Gasteiger partial charge in [0.1, 0.15) is 17.9 Å². The summed E-state index contributed by atoms with van der Waals surface area (Å²) in [5.41, 5.74) is 0.431. The first-order valence-electron chi connectivity index (χ1n) is 6.15. The molecule has 0 aliphatic heterocycles. The molecule has 0 saturated heterocycles. The molecule has 23 heavy (non-hydrogen) atoms. The number of rotatable bonds is 8. The van der Waals surface area contributed by atoms with Crippen molar-refractivity contribution in [3.63, 3.8) is 0 Å². The van der Waals surface area contributed by atoms with E-state index in [9.17, 15) is 30.4 Å². The molecule has 0 saturated carbocycles. The van der Waals surface area contributed by atoms with Crippen LogP contribution >= 0.6 is 0 Å². The minimum atomic E-state index is -1.70. The number of aliphatic hydroxyl groups is 4. The molecule has 0 unspecified atom stereocenters. The van der Waals surface area contributed by atoms with Crippen molar-refractivity contribution in [2.75, 3.05) is 18.6 Å². The van der Waals surface area contributed by atoms with E-state index in [1.165, 1.54) is 0 Å². The van der Waals surface area contributed by atoms with Crippen molar-refractivity contribution in [3.05, 3.63) is 38.4 Å². The molecule has 2 atom stereocenters. The first-order valence-corrected chi connectivity index (χ1v) is 6.15. The van der Waals surface area contributed by atoms with Crippen LogP contribution in [-0.2, 0) is 0 Å². The van der Waals surface area contributed by atoms with Gasteiger partial charge in [-0.15, -0.1) is 0 Å².